The second-order valence-electron chi connectivity index (χ2n) is 4.61. The van der Waals surface area contributed by atoms with Crippen LogP contribution in [-0.2, 0) is 0 Å². The molecule has 0 radical (unpaired) electrons. The van der Waals surface area contributed by atoms with Gasteiger partial charge in [0, 0.05) is 12.0 Å². The lowest BCUT2D eigenvalue weighted by molar-refractivity contribution is 0.0974. The molecular formula is C14H20FNO. The highest BCUT2D eigenvalue weighted by Crippen LogP contribution is 2.15. The Morgan fingerprint density at radius 2 is 2.12 bits per heavy atom. The first-order chi connectivity index (χ1) is 8.04. The highest BCUT2D eigenvalue weighted by molar-refractivity contribution is 5.96. The zero-order chi connectivity index (χ0) is 12.8. The summed E-state index contributed by atoms with van der Waals surface area (Å²) in [6.07, 6.45) is 2.29. The first kappa shape index (κ1) is 13.8. The second kappa shape index (κ2) is 6.50. The molecule has 2 nitrogen and oxygen atoms in total. The van der Waals surface area contributed by atoms with Crippen molar-refractivity contribution in [2.24, 2.45) is 11.7 Å². The summed E-state index contributed by atoms with van der Waals surface area (Å²) in [5.74, 6) is 0.278. The average Bonchev–Trinajstić information content (AvgIpc) is 2.30. The number of rotatable bonds is 6. The van der Waals surface area contributed by atoms with Crippen LogP contribution in [0.5, 0.6) is 0 Å². The second-order valence-corrected chi connectivity index (χ2v) is 4.61. The first-order valence-electron chi connectivity index (χ1n) is 6.04. The lowest BCUT2D eigenvalue weighted by Crippen LogP contribution is -2.08. The minimum Gasteiger partial charge on any atom is -0.330 e. The molecule has 0 aliphatic heterocycles. The van der Waals surface area contributed by atoms with Crippen molar-refractivity contribution in [3.63, 3.8) is 0 Å². The van der Waals surface area contributed by atoms with E-state index in [4.69, 9.17) is 5.73 Å². The van der Waals surface area contributed by atoms with Crippen molar-refractivity contribution in [3.8, 4) is 0 Å². The molecule has 94 valence electrons. The molecule has 0 spiro atoms. The minimum absolute atomic E-state index is 0.0805. The maximum Gasteiger partial charge on any atom is 0.162 e. The standard InChI is InChI=1S/C14H20FNO/c1-10(7-8-16)3-6-14(17)12-4-5-13(15)11(2)9-12/h4-5,9-10H,3,6-8,16H2,1-2H3. The Hall–Kier alpha value is -1.22. The summed E-state index contributed by atoms with van der Waals surface area (Å²) in [5, 5.41) is 0. The third kappa shape index (κ3) is 4.27. The molecule has 1 atom stereocenters. The van der Waals surface area contributed by atoms with E-state index in [1.165, 1.54) is 6.07 Å². The number of aryl methyl sites for hydroxylation is 1. The van der Waals surface area contributed by atoms with Gasteiger partial charge in [0.05, 0.1) is 0 Å². The quantitative estimate of drug-likeness (QED) is 0.773. The lowest BCUT2D eigenvalue weighted by Gasteiger charge is -2.09. The zero-order valence-electron chi connectivity index (χ0n) is 10.5. The van der Waals surface area contributed by atoms with Gasteiger partial charge in [-0.15, -0.1) is 0 Å². The van der Waals surface area contributed by atoms with Gasteiger partial charge in [-0.3, -0.25) is 4.79 Å². The summed E-state index contributed by atoms with van der Waals surface area (Å²) < 4.78 is 13.1. The molecule has 0 heterocycles. The molecule has 0 fully saturated rings. The number of ketones is 1. The summed E-state index contributed by atoms with van der Waals surface area (Å²) in [6, 6.07) is 4.52. The van der Waals surface area contributed by atoms with Crippen LogP contribution in [0.15, 0.2) is 18.2 Å². The van der Waals surface area contributed by atoms with Gasteiger partial charge in [-0.25, -0.2) is 4.39 Å². The summed E-state index contributed by atoms with van der Waals surface area (Å²) in [5.41, 5.74) is 6.58. The van der Waals surface area contributed by atoms with Crippen molar-refractivity contribution in [3.05, 3.63) is 35.1 Å². The molecule has 2 N–H and O–H groups in total. The first-order valence-corrected chi connectivity index (χ1v) is 6.04. The van der Waals surface area contributed by atoms with E-state index < -0.39 is 0 Å². The Kier molecular flexibility index (Phi) is 5.29. The monoisotopic (exact) mass is 237 g/mol. The molecule has 1 aromatic carbocycles. The number of carbonyl (C=O) groups is 1. The molecular weight excluding hydrogens is 217 g/mol. The Morgan fingerprint density at radius 1 is 1.41 bits per heavy atom. The fourth-order valence-electron chi connectivity index (χ4n) is 1.77. The highest BCUT2D eigenvalue weighted by atomic mass is 19.1. The normalized spacial score (nSPS) is 12.5. The Morgan fingerprint density at radius 3 is 2.71 bits per heavy atom. The summed E-state index contributed by atoms with van der Waals surface area (Å²) >= 11 is 0. The van der Waals surface area contributed by atoms with E-state index in [2.05, 4.69) is 6.92 Å². The van der Waals surface area contributed by atoms with Crippen LogP contribution in [0.1, 0.15) is 42.1 Å². The summed E-state index contributed by atoms with van der Waals surface area (Å²) in [7, 11) is 0. The number of nitrogens with two attached hydrogens (primary N) is 1. The van der Waals surface area contributed by atoms with Gasteiger partial charge in [-0.2, -0.15) is 0 Å². The van der Waals surface area contributed by atoms with E-state index in [0.717, 1.165) is 12.8 Å². The van der Waals surface area contributed by atoms with Crippen LogP contribution in [0.4, 0.5) is 4.39 Å². The van der Waals surface area contributed by atoms with Gasteiger partial charge >= 0.3 is 0 Å². The number of benzene rings is 1. The fourth-order valence-corrected chi connectivity index (χ4v) is 1.77. The van der Waals surface area contributed by atoms with Crippen molar-refractivity contribution in [1.29, 1.82) is 0 Å². The third-order valence-corrected chi connectivity index (χ3v) is 3.00. The zero-order valence-corrected chi connectivity index (χ0v) is 10.5. The van der Waals surface area contributed by atoms with Gasteiger partial charge in [-0.05, 0) is 56.0 Å². The van der Waals surface area contributed by atoms with Crippen molar-refractivity contribution in [1.82, 2.24) is 0 Å². The largest absolute Gasteiger partial charge is 0.330 e. The molecule has 0 bridgehead atoms. The van der Waals surface area contributed by atoms with E-state index in [0.29, 0.717) is 30.0 Å². The Bertz CT molecular complexity index is 390. The molecule has 0 aliphatic rings. The van der Waals surface area contributed by atoms with Crippen LogP contribution in [0.2, 0.25) is 0 Å². The van der Waals surface area contributed by atoms with Crippen molar-refractivity contribution in [2.45, 2.75) is 33.1 Å². The number of carbonyl (C=O) groups excluding carboxylic acids is 1. The molecule has 0 saturated heterocycles. The van der Waals surface area contributed by atoms with Gasteiger partial charge in [-0.1, -0.05) is 6.92 Å². The van der Waals surface area contributed by atoms with Crippen LogP contribution in [-0.4, -0.2) is 12.3 Å². The smallest absolute Gasteiger partial charge is 0.162 e. The van der Waals surface area contributed by atoms with Gasteiger partial charge < -0.3 is 5.73 Å². The Labute approximate surface area is 102 Å². The van der Waals surface area contributed by atoms with E-state index in [-0.39, 0.29) is 11.6 Å². The highest BCUT2D eigenvalue weighted by Gasteiger charge is 2.10. The molecule has 1 rings (SSSR count). The fraction of sp³-hybridized carbons (Fsp3) is 0.500. The number of hydrogen-bond acceptors (Lipinski definition) is 2. The van der Waals surface area contributed by atoms with Gasteiger partial charge in [0.2, 0.25) is 0 Å². The number of hydrogen-bond donors (Lipinski definition) is 1. The Balaban J connectivity index is 2.55. The third-order valence-electron chi connectivity index (χ3n) is 3.00. The summed E-state index contributed by atoms with van der Waals surface area (Å²) in [6.45, 7) is 4.42. The minimum atomic E-state index is -0.266. The maximum atomic E-state index is 13.1. The van der Waals surface area contributed by atoms with Crippen molar-refractivity contribution in [2.75, 3.05) is 6.54 Å². The molecule has 0 aromatic heterocycles. The predicted octanol–water partition coefficient (Wildman–Crippen LogP) is 3.08. The van der Waals surface area contributed by atoms with Crippen LogP contribution in [0, 0.1) is 18.7 Å². The SMILES string of the molecule is Cc1cc(C(=O)CCC(C)CCN)ccc1F. The molecule has 0 aliphatic carbocycles. The van der Waals surface area contributed by atoms with Gasteiger partial charge in [0.1, 0.15) is 5.82 Å². The topological polar surface area (TPSA) is 43.1 Å². The van der Waals surface area contributed by atoms with Gasteiger partial charge in [0.25, 0.3) is 0 Å². The molecule has 1 unspecified atom stereocenters. The van der Waals surface area contributed by atoms with E-state index in [1.54, 1.807) is 19.1 Å². The van der Waals surface area contributed by atoms with Crippen LogP contribution in [0.25, 0.3) is 0 Å². The van der Waals surface area contributed by atoms with Crippen LogP contribution in [0.3, 0.4) is 0 Å². The van der Waals surface area contributed by atoms with E-state index >= 15 is 0 Å². The molecule has 1 aromatic rings. The molecule has 3 heteroatoms. The summed E-state index contributed by atoms with van der Waals surface area (Å²) in [4.78, 5) is 11.9. The molecule has 17 heavy (non-hydrogen) atoms. The predicted molar refractivity (Wildman–Crippen MR) is 67.5 cm³/mol. The molecule has 0 saturated carbocycles. The van der Waals surface area contributed by atoms with Crippen molar-refractivity contribution >= 4 is 5.78 Å². The van der Waals surface area contributed by atoms with Crippen molar-refractivity contribution < 1.29 is 9.18 Å². The lowest BCUT2D eigenvalue weighted by atomic mass is 9.97. The maximum absolute atomic E-state index is 13.1. The van der Waals surface area contributed by atoms with Crippen LogP contribution >= 0.6 is 0 Å². The average molecular weight is 237 g/mol. The van der Waals surface area contributed by atoms with E-state index in [1.807, 2.05) is 0 Å². The van der Waals surface area contributed by atoms with Crippen LogP contribution < -0.4 is 5.73 Å². The number of halogens is 1. The number of Topliss-reactive ketones (excluding diaryl/α,β-unsaturated/α-hetero) is 1. The molecule has 0 amide bonds. The van der Waals surface area contributed by atoms with Gasteiger partial charge in [0.15, 0.2) is 5.78 Å². The van der Waals surface area contributed by atoms with E-state index in [9.17, 15) is 9.18 Å².